The maximum Gasteiger partial charge on any atom is 0.226 e. The van der Waals surface area contributed by atoms with Gasteiger partial charge in [0.25, 0.3) is 0 Å². The van der Waals surface area contributed by atoms with Crippen molar-refractivity contribution in [2.24, 2.45) is 0 Å². The Morgan fingerprint density at radius 1 is 1.25 bits per heavy atom. The van der Waals surface area contributed by atoms with Crippen LogP contribution in [0.3, 0.4) is 0 Å². The van der Waals surface area contributed by atoms with Crippen LogP contribution in [0, 0.1) is 0 Å². The van der Waals surface area contributed by atoms with Crippen LogP contribution in [0.2, 0.25) is 0 Å². The van der Waals surface area contributed by atoms with Gasteiger partial charge < -0.3 is 9.47 Å². The Kier molecular flexibility index (Phi) is 4.58. The Balaban J connectivity index is 3.43. The van der Waals surface area contributed by atoms with Crippen LogP contribution < -0.4 is 9.47 Å². The fraction of sp³-hybridized carbons (Fsp3) is 0.417. The van der Waals surface area contributed by atoms with E-state index in [1.54, 1.807) is 29.7 Å². The van der Waals surface area contributed by atoms with E-state index in [0.29, 0.717) is 23.0 Å². The highest BCUT2D eigenvalue weighted by atomic mass is 127. The molecule has 0 radical (unpaired) electrons. The smallest absolute Gasteiger partial charge is 0.226 e. The van der Waals surface area contributed by atoms with Crippen LogP contribution in [-0.2, 0) is 0 Å². The molecule has 0 saturated heterocycles. The fourth-order valence-electron chi connectivity index (χ4n) is 1.47. The number of ether oxygens (including phenoxy) is 2. The van der Waals surface area contributed by atoms with Crippen LogP contribution in [0.15, 0.2) is 12.1 Å². The van der Waals surface area contributed by atoms with Crippen LogP contribution in [-0.4, -0.2) is 18.0 Å². The molecular weight excluding hydrogens is 319 g/mol. The van der Waals surface area contributed by atoms with E-state index < -0.39 is 0 Å². The van der Waals surface area contributed by atoms with E-state index in [9.17, 15) is 4.79 Å². The number of carbonyl (C=O) groups is 1. The minimum absolute atomic E-state index is 0.0461. The number of halogens is 1. The van der Waals surface area contributed by atoms with E-state index in [0.717, 1.165) is 5.56 Å². The van der Waals surface area contributed by atoms with Gasteiger partial charge in [0.05, 0.1) is 19.8 Å². The molecule has 0 amide bonds. The Hall–Kier alpha value is -0.780. The monoisotopic (exact) mass is 334 g/mol. The summed E-state index contributed by atoms with van der Waals surface area (Å²) < 4.78 is 10.4. The van der Waals surface area contributed by atoms with Gasteiger partial charge in [-0.2, -0.15) is 0 Å². The van der Waals surface area contributed by atoms with Crippen molar-refractivity contribution < 1.29 is 14.3 Å². The van der Waals surface area contributed by atoms with Crippen molar-refractivity contribution >= 4 is 26.4 Å². The SMILES string of the molecule is COc1cc(C(C)C)cc(C(=O)I)c1OC. The van der Waals surface area contributed by atoms with Crippen LogP contribution in [0.4, 0.5) is 0 Å². The van der Waals surface area contributed by atoms with Crippen molar-refractivity contribution in [3.63, 3.8) is 0 Å². The molecule has 0 heterocycles. The van der Waals surface area contributed by atoms with Crippen molar-refractivity contribution in [1.82, 2.24) is 0 Å². The first kappa shape index (κ1) is 13.3. The van der Waals surface area contributed by atoms with Gasteiger partial charge in [0, 0.05) is 22.6 Å². The average Bonchev–Trinajstić information content (AvgIpc) is 2.26. The summed E-state index contributed by atoms with van der Waals surface area (Å²) >= 11 is 1.76. The Morgan fingerprint density at radius 3 is 2.25 bits per heavy atom. The summed E-state index contributed by atoms with van der Waals surface area (Å²) in [4.78, 5) is 11.5. The lowest BCUT2D eigenvalue weighted by molar-refractivity contribution is 0.110. The predicted molar refractivity (Wildman–Crippen MR) is 72.0 cm³/mol. The Morgan fingerprint density at radius 2 is 1.88 bits per heavy atom. The molecule has 0 saturated carbocycles. The maximum atomic E-state index is 11.5. The van der Waals surface area contributed by atoms with E-state index in [2.05, 4.69) is 13.8 Å². The van der Waals surface area contributed by atoms with Crippen LogP contribution in [0.1, 0.15) is 35.7 Å². The van der Waals surface area contributed by atoms with E-state index in [1.165, 1.54) is 7.11 Å². The van der Waals surface area contributed by atoms with E-state index in [-0.39, 0.29) is 3.79 Å². The number of carbonyl (C=O) groups excluding carboxylic acids is 1. The predicted octanol–water partition coefficient (Wildman–Crippen LogP) is 3.40. The van der Waals surface area contributed by atoms with Crippen molar-refractivity contribution in [3.05, 3.63) is 23.3 Å². The molecule has 3 nitrogen and oxygen atoms in total. The Labute approximate surface area is 109 Å². The third-order valence-electron chi connectivity index (χ3n) is 2.38. The first-order valence-electron chi connectivity index (χ1n) is 4.97. The second kappa shape index (κ2) is 5.52. The summed E-state index contributed by atoms with van der Waals surface area (Å²) in [5.74, 6) is 1.45. The molecule has 0 aliphatic carbocycles. The quantitative estimate of drug-likeness (QED) is 0.625. The van der Waals surface area contributed by atoms with Gasteiger partial charge in [0.1, 0.15) is 0 Å². The van der Waals surface area contributed by atoms with E-state index in [1.807, 2.05) is 12.1 Å². The molecular formula is C12H15IO3. The molecule has 4 heteroatoms. The molecule has 1 aromatic rings. The van der Waals surface area contributed by atoms with E-state index in [4.69, 9.17) is 9.47 Å². The summed E-state index contributed by atoms with van der Waals surface area (Å²) in [6.45, 7) is 4.14. The highest BCUT2D eigenvalue weighted by Crippen LogP contribution is 2.35. The lowest BCUT2D eigenvalue weighted by atomic mass is 10.00. The third kappa shape index (κ3) is 2.66. The zero-order valence-corrected chi connectivity index (χ0v) is 12.0. The lowest BCUT2D eigenvalue weighted by Crippen LogP contribution is -2.01. The molecule has 0 spiro atoms. The molecule has 0 aliphatic heterocycles. The molecule has 1 rings (SSSR count). The first-order valence-corrected chi connectivity index (χ1v) is 6.04. The molecule has 16 heavy (non-hydrogen) atoms. The van der Waals surface area contributed by atoms with Gasteiger partial charge in [0.2, 0.25) is 3.79 Å². The maximum absolute atomic E-state index is 11.5. The summed E-state index contributed by atoms with van der Waals surface area (Å²) in [5, 5.41) is 0. The summed E-state index contributed by atoms with van der Waals surface area (Å²) in [6, 6.07) is 3.77. The zero-order valence-electron chi connectivity index (χ0n) is 9.83. The summed E-state index contributed by atoms with van der Waals surface area (Å²) in [5.41, 5.74) is 1.63. The van der Waals surface area contributed by atoms with Crippen LogP contribution >= 0.6 is 22.6 Å². The normalized spacial score (nSPS) is 10.4. The summed E-state index contributed by atoms with van der Waals surface area (Å²) in [6.07, 6.45) is 0. The molecule has 88 valence electrons. The van der Waals surface area contributed by atoms with Crippen LogP contribution in [0.5, 0.6) is 11.5 Å². The topological polar surface area (TPSA) is 35.5 Å². The first-order chi connectivity index (χ1) is 7.51. The fourth-order valence-corrected chi connectivity index (χ4v) is 1.87. The highest BCUT2D eigenvalue weighted by Gasteiger charge is 2.17. The molecule has 0 unspecified atom stereocenters. The molecule has 0 aliphatic rings. The van der Waals surface area contributed by atoms with Gasteiger partial charge in [-0.25, -0.2) is 0 Å². The van der Waals surface area contributed by atoms with Crippen molar-refractivity contribution in [2.45, 2.75) is 19.8 Å². The van der Waals surface area contributed by atoms with Gasteiger partial charge in [-0.05, 0) is 23.6 Å². The number of hydrogen-bond donors (Lipinski definition) is 0. The number of methoxy groups -OCH3 is 2. The lowest BCUT2D eigenvalue weighted by Gasteiger charge is -2.14. The largest absolute Gasteiger partial charge is 0.493 e. The number of hydrogen-bond acceptors (Lipinski definition) is 3. The second-order valence-electron chi connectivity index (χ2n) is 3.73. The number of rotatable bonds is 4. The van der Waals surface area contributed by atoms with Gasteiger partial charge in [-0.15, -0.1) is 0 Å². The second-order valence-corrected chi connectivity index (χ2v) is 4.71. The standard InChI is InChI=1S/C12H15IO3/c1-7(2)8-5-9(12(13)14)11(16-4)10(6-8)15-3/h5-7H,1-4H3. The van der Waals surface area contributed by atoms with Crippen molar-refractivity contribution in [1.29, 1.82) is 0 Å². The number of benzene rings is 1. The molecule has 0 fully saturated rings. The van der Waals surface area contributed by atoms with Gasteiger partial charge >= 0.3 is 0 Å². The molecule has 1 aromatic carbocycles. The zero-order chi connectivity index (χ0) is 12.3. The van der Waals surface area contributed by atoms with Crippen molar-refractivity contribution in [3.8, 4) is 11.5 Å². The molecule has 0 N–H and O–H groups in total. The third-order valence-corrected chi connectivity index (χ3v) is 2.96. The van der Waals surface area contributed by atoms with Crippen LogP contribution in [0.25, 0.3) is 0 Å². The van der Waals surface area contributed by atoms with Gasteiger partial charge in [-0.3, -0.25) is 4.79 Å². The minimum atomic E-state index is -0.0461. The van der Waals surface area contributed by atoms with Crippen molar-refractivity contribution in [2.75, 3.05) is 14.2 Å². The van der Waals surface area contributed by atoms with Gasteiger partial charge in [-0.1, -0.05) is 13.8 Å². The molecule has 0 bridgehead atoms. The average molecular weight is 334 g/mol. The molecule has 0 aromatic heterocycles. The Bertz CT molecular complexity index is 399. The van der Waals surface area contributed by atoms with E-state index >= 15 is 0 Å². The highest BCUT2D eigenvalue weighted by molar-refractivity contribution is 14.1. The minimum Gasteiger partial charge on any atom is -0.493 e. The van der Waals surface area contributed by atoms with Gasteiger partial charge in [0.15, 0.2) is 11.5 Å². The summed E-state index contributed by atoms with van der Waals surface area (Å²) in [7, 11) is 3.11. The molecule has 0 atom stereocenters.